The van der Waals surface area contributed by atoms with Crippen LogP contribution in [0.2, 0.25) is 10.2 Å². The summed E-state index contributed by atoms with van der Waals surface area (Å²) in [5.74, 6) is -0.308. The van der Waals surface area contributed by atoms with Gasteiger partial charge < -0.3 is 5.32 Å². The Kier molecular flexibility index (Phi) is 3.79. The quantitative estimate of drug-likeness (QED) is 0.859. The molecule has 0 bridgehead atoms. The minimum absolute atomic E-state index is 0.172. The zero-order valence-electron chi connectivity index (χ0n) is 9.45. The predicted molar refractivity (Wildman–Crippen MR) is 71.2 cm³/mol. The van der Waals surface area contributed by atoms with Crippen LogP contribution in [0.5, 0.6) is 0 Å². The SMILES string of the molecule is Cc1ncccc1NC(=O)c1cnc(Cl)c(Cl)c1. The van der Waals surface area contributed by atoms with Crippen LogP contribution in [0, 0.1) is 6.92 Å². The highest BCUT2D eigenvalue weighted by molar-refractivity contribution is 6.41. The smallest absolute Gasteiger partial charge is 0.257 e. The number of hydrogen-bond donors (Lipinski definition) is 1. The van der Waals surface area contributed by atoms with E-state index in [0.29, 0.717) is 11.3 Å². The number of aryl methyl sites for hydroxylation is 1. The van der Waals surface area contributed by atoms with E-state index >= 15 is 0 Å². The molecular weight excluding hydrogens is 273 g/mol. The number of carbonyl (C=O) groups excluding carboxylic acids is 1. The van der Waals surface area contributed by atoms with Crippen molar-refractivity contribution in [2.24, 2.45) is 0 Å². The van der Waals surface area contributed by atoms with Crippen molar-refractivity contribution in [1.82, 2.24) is 9.97 Å². The van der Waals surface area contributed by atoms with E-state index in [9.17, 15) is 4.79 Å². The number of anilines is 1. The number of amides is 1. The fourth-order valence-corrected chi connectivity index (χ4v) is 1.63. The summed E-state index contributed by atoms with van der Waals surface area (Å²) in [5, 5.41) is 3.14. The van der Waals surface area contributed by atoms with Crippen molar-refractivity contribution in [1.29, 1.82) is 0 Å². The zero-order valence-corrected chi connectivity index (χ0v) is 11.0. The Bertz CT molecular complexity index is 602. The van der Waals surface area contributed by atoms with Crippen LogP contribution in [0.3, 0.4) is 0 Å². The van der Waals surface area contributed by atoms with Crippen molar-refractivity contribution < 1.29 is 4.79 Å². The lowest BCUT2D eigenvalue weighted by Crippen LogP contribution is -2.13. The van der Waals surface area contributed by atoms with E-state index in [-0.39, 0.29) is 16.1 Å². The van der Waals surface area contributed by atoms with Crippen LogP contribution in [-0.4, -0.2) is 15.9 Å². The third-order valence-corrected chi connectivity index (χ3v) is 3.00. The molecule has 0 aliphatic carbocycles. The molecule has 0 aromatic carbocycles. The van der Waals surface area contributed by atoms with Crippen molar-refractivity contribution in [2.45, 2.75) is 6.92 Å². The van der Waals surface area contributed by atoms with Crippen LogP contribution >= 0.6 is 23.2 Å². The van der Waals surface area contributed by atoms with Crippen molar-refractivity contribution in [3.8, 4) is 0 Å². The number of carbonyl (C=O) groups is 1. The minimum atomic E-state index is -0.308. The monoisotopic (exact) mass is 281 g/mol. The third kappa shape index (κ3) is 2.78. The summed E-state index contributed by atoms with van der Waals surface area (Å²) in [5.41, 5.74) is 1.72. The molecule has 4 nitrogen and oxygen atoms in total. The van der Waals surface area contributed by atoms with Crippen molar-refractivity contribution >= 4 is 34.8 Å². The predicted octanol–water partition coefficient (Wildman–Crippen LogP) is 3.34. The van der Waals surface area contributed by atoms with Gasteiger partial charge >= 0.3 is 0 Å². The standard InChI is InChI=1S/C12H9Cl2N3O/c1-7-10(3-2-4-15-7)17-12(18)8-5-9(13)11(14)16-6-8/h2-6H,1H3,(H,17,18). The van der Waals surface area contributed by atoms with Crippen molar-refractivity contribution in [3.05, 3.63) is 52.0 Å². The van der Waals surface area contributed by atoms with Gasteiger partial charge in [0.1, 0.15) is 5.15 Å². The van der Waals surface area contributed by atoms with Gasteiger partial charge in [-0.2, -0.15) is 0 Å². The molecule has 2 rings (SSSR count). The number of hydrogen-bond acceptors (Lipinski definition) is 3. The Labute approximate surface area is 114 Å². The van der Waals surface area contributed by atoms with Crippen LogP contribution in [0.1, 0.15) is 16.1 Å². The molecule has 1 N–H and O–H groups in total. The van der Waals surface area contributed by atoms with Crippen LogP contribution in [-0.2, 0) is 0 Å². The highest BCUT2D eigenvalue weighted by Gasteiger charge is 2.10. The summed E-state index contributed by atoms with van der Waals surface area (Å²) >= 11 is 11.5. The fraction of sp³-hybridized carbons (Fsp3) is 0.0833. The first-order valence-electron chi connectivity index (χ1n) is 5.12. The first-order valence-corrected chi connectivity index (χ1v) is 5.87. The highest BCUT2D eigenvalue weighted by Crippen LogP contribution is 2.20. The number of pyridine rings is 2. The van der Waals surface area contributed by atoms with E-state index in [0.717, 1.165) is 5.69 Å². The first-order chi connectivity index (χ1) is 8.58. The lowest BCUT2D eigenvalue weighted by Gasteiger charge is -2.07. The van der Waals surface area contributed by atoms with E-state index in [2.05, 4.69) is 15.3 Å². The Morgan fingerprint density at radius 2 is 2.11 bits per heavy atom. The van der Waals surface area contributed by atoms with E-state index in [1.807, 2.05) is 6.92 Å². The normalized spacial score (nSPS) is 10.2. The number of nitrogens with one attached hydrogen (secondary N) is 1. The second-order valence-electron chi connectivity index (χ2n) is 3.59. The second kappa shape index (κ2) is 5.33. The Balaban J connectivity index is 2.22. The zero-order chi connectivity index (χ0) is 13.1. The topological polar surface area (TPSA) is 54.9 Å². The van der Waals surface area contributed by atoms with Crippen LogP contribution in [0.15, 0.2) is 30.6 Å². The van der Waals surface area contributed by atoms with Gasteiger partial charge in [-0.05, 0) is 25.1 Å². The van der Waals surface area contributed by atoms with Gasteiger partial charge in [0.05, 0.1) is 22.0 Å². The maximum Gasteiger partial charge on any atom is 0.257 e. The van der Waals surface area contributed by atoms with E-state index in [1.54, 1.807) is 18.3 Å². The summed E-state index contributed by atoms with van der Waals surface area (Å²) in [6, 6.07) is 4.98. The maximum absolute atomic E-state index is 11.9. The molecule has 6 heteroatoms. The van der Waals surface area contributed by atoms with E-state index < -0.39 is 0 Å². The molecule has 0 spiro atoms. The van der Waals surface area contributed by atoms with Gasteiger partial charge in [-0.15, -0.1) is 0 Å². The number of nitrogens with zero attached hydrogens (tertiary/aromatic N) is 2. The molecule has 92 valence electrons. The number of rotatable bonds is 2. The highest BCUT2D eigenvalue weighted by atomic mass is 35.5. The van der Waals surface area contributed by atoms with E-state index in [1.165, 1.54) is 12.3 Å². The lowest BCUT2D eigenvalue weighted by molar-refractivity contribution is 0.102. The Morgan fingerprint density at radius 1 is 1.33 bits per heavy atom. The maximum atomic E-state index is 11.9. The average Bonchev–Trinajstić information content (AvgIpc) is 2.35. The van der Waals surface area contributed by atoms with Gasteiger partial charge in [0.25, 0.3) is 5.91 Å². The summed E-state index contributed by atoms with van der Waals surface area (Å²) < 4.78 is 0. The fourth-order valence-electron chi connectivity index (χ4n) is 1.36. The molecule has 0 unspecified atom stereocenters. The van der Waals surface area contributed by atoms with Crippen LogP contribution in [0.25, 0.3) is 0 Å². The molecule has 18 heavy (non-hydrogen) atoms. The molecule has 0 saturated carbocycles. The molecule has 0 aliphatic rings. The molecule has 2 aromatic heterocycles. The molecule has 0 radical (unpaired) electrons. The number of halogens is 2. The van der Waals surface area contributed by atoms with Gasteiger partial charge in [0.2, 0.25) is 0 Å². The van der Waals surface area contributed by atoms with Gasteiger partial charge in [-0.3, -0.25) is 9.78 Å². The van der Waals surface area contributed by atoms with Crippen molar-refractivity contribution in [3.63, 3.8) is 0 Å². The number of aromatic nitrogens is 2. The Hall–Kier alpha value is -1.65. The molecule has 0 atom stereocenters. The second-order valence-corrected chi connectivity index (χ2v) is 4.35. The molecule has 0 saturated heterocycles. The minimum Gasteiger partial charge on any atom is -0.320 e. The molecule has 2 aromatic rings. The summed E-state index contributed by atoms with van der Waals surface area (Å²) in [7, 11) is 0. The van der Waals surface area contributed by atoms with E-state index in [4.69, 9.17) is 23.2 Å². The summed E-state index contributed by atoms with van der Waals surface area (Å²) in [4.78, 5) is 19.9. The molecular formula is C12H9Cl2N3O. The Morgan fingerprint density at radius 3 is 2.78 bits per heavy atom. The molecule has 0 aliphatic heterocycles. The van der Waals surface area contributed by atoms with Crippen LogP contribution in [0.4, 0.5) is 5.69 Å². The lowest BCUT2D eigenvalue weighted by atomic mass is 10.2. The largest absolute Gasteiger partial charge is 0.320 e. The van der Waals surface area contributed by atoms with Crippen LogP contribution < -0.4 is 5.32 Å². The summed E-state index contributed by atoms with van der Waals surface area (Å²) in [6.45, 7) is 1.81. The molecule has 0 fully saturated rings. The van der Waals surface area contributed by atoms with Gasteiger partial charge in [-0.25, -0.2) is 4.98 Å². The van der Waals surface area contributed by atoms with Gasteiger partial charge in [0.15, 0.2) is 0 Å². The first kappa shape index (κ1) is 12.8. The summed E-state index contributed by atoms with van der Waals surface area (Å²) in [6.07, 6.45) is 3.03. The third-order valence-electron chi connectivity index (χ3n) is 2.31. The molecule has 1 amide bonds. The van der Waals surface area contributed by atoms with Gasteiger partial charge in [0, 0.05) is 12.4 Å². The van der Waals surface area contributed by atoms with Gasteiger partial charge in [-0.1, -0.05) is 23.2 Å². The average molecular weight is 282 g/mol. The van der Waals surface area contributed by atoms with Crippen molar-refractivity contribution in [2.75, 3.05) is 5.32 Å². The molecule has 2 heterocycles.